The number of carboxylic acids is 1. The van der Waals surface area contributed by atoms with Gasteiger partial charge in [-0.05, 0) is 55.3 Å². The predicted molar refractivity (Wildman–Crippen MR) is 85.2 cm³/mol. The van der Waals surface area contributed by atoms with Gasteiger partial charge in [0, 0.05) is 10.2 Å². The van der Waals surface area contributed by atoms with Crippen molar-refractivity contribution in [2.24, 2.45) is 0 Å². The van der Waals surface area contributed by atoms with E-state index >= 15 is 0 Å². The lowest BCUT2D eigenvalue weighted by Gasteiger charge is -2.08. The molecule has 0 atom stereocenters. The molecule has 0 aliphatic heterocycles. The molecule has 0 unspecified atom stereocenters. The van der Waals surface area contributed by atoms with Crippen molar-refractivity contribution < 1.29 is 9.90 Å². The zero-order valence-corrected chi connectivity index (χ0v) is 13.2. The minimum Gasteiger partial charge on any atom is -0.478 e. The molecule has 0 spiro atoms. The molecule has 0 amide bonds. The lowest BCUT2D eigenvalue weighted by atomic mass is 10.1. The Hall–Kier alpha value is -2.14. The minimum atomic E-state index is -0.950. The topological polar surface area (TPSA) is 55.1 Å². The molecular formula is C16H13BrN2O2. The monoisotopic (exact) mass is 344 g/mol. The maximum absolute atomic E-state index is 11.2. The van der Waals surface area contributed by atoms with Gasteiger partial charge in [0.2, 0.25) is 0 Å². The quantitative estimate of drug-likeness (QED) is 0.761. The van der Waals surface area contributed by atoms with Crippen LogP contribution in [0, 0.1) is 13.8 Å². The fraction of sp³-hybridized carbons (Fsp3) is 0.125. The molecule has 2 aromatic carbocycles. The van der Waals surface area contributed by atoms with Crippen molar-refractivity contribution in [3.05, 3.63) is 57.8 Å². The SMILES string of the molecule is Cc1cc2ncn(-c3cc(Br)cc(C(=O)O)c3)c2cc1C. The molecule has 5 heteroatoms. The van der Waals surface area contributed by atoms with Crippen LogP contribution in [0.5, 0.6) is 0 Å². The first-order valence-corrected chi connectivity index (χ1v) is 7.23. The maximum atomic E-state index is 11.2. The van der Waals surface area contributed by atoms with Crippen molar-refractivity contribution in [3.8, 4) is 5.69 Å². The van der Waals surface area contributed by atoms with E-state index in [1.54, 1.807) is 18.5 Å². The third-order valence-corrected chi connectivity index (χ3v) is 4.03. The van der Waals surface area contributed by atoms with E-state index in [0.717, 1.165) is 21.2 Å². The van der Waals surface area contributed by atoms with Gasteiger partial charge in [-0.25, -0.2) is 9.78 Å². The Morgan fingerprint density at radius 3 is 2.57 bits per heavy atom. The first kappa shape index (κ1) is 13.8. The molecule has 4 nitrogen and oxygen atoms in total. The molecule has 0 saturated heterocycles. The fourth-order valence-corrected chi connectivity index (χ4v) is 2.79. The summed E-state index contributed by atoms with van der Waals surface area (Å²) >= 11 is 3.36. The van der Waals surface area contributed by atoms with E-state index in [1.165, 1.54) is 11.1 Å². The number of aromatic nitrogens is 2. The average Bonchev–Trinajstić information content (AvgIpc) is 2.81. The van der Waals surface area contributed by atoms with Crippen LogP contribution in [-0.4, -0.2) is 20.6 Å². The van der Waals surface area contributed by atoms with Crippen molar-refractivity contribution in [3.63, 3.8) is 0 Å². The molecule has 106 valence electrons. The Kier molecular flexibility index (Phi) is 3.29. The van der Waals surface area contributed by atoms with Gasteiger partial charge < -0.3 is 5.11 Å². The number of benzene rings is 2. The Labute approximate surface area is 130 Å². The minimum absolute atomic E-state index is 0.241. The lowest BCUT2D eigenvalue weighted by molar-refractivity contribution is 0.0697. The molecule has 0 aliphatic carbocycles. The number of rotatable bonds is 2. The van der Waals surface area contributed by atoms with Gasteiger partial charge in [-0.3, -0.25) is 4.57 Å². The molecule has 0 radical (unpaired) electrons. The zero-order valence-electron chi connectivity index (χ0n) is 11.6. The summed E-state index contributed by atoms with van der Waals surface area (Å²) in [5, 5.41) is 9.18. The summed E-state index contributed by atoms with van der Waals surface area (Å²) in [5.41, 5.74) is 5.24. The van der Waals surface area contributed by atoms with Crippen molar-refractivity contribution in [2.75, 3.05) is 0 Å². The Bertz CT molecular complexity index is 868. The Balaban J connectivity index is 2.25. The van der Waals surface area contributed by atoms with E-state index in [9.17, 15) is 9.90 Å². The predicted octanol–water partition coefficient (Wildman–Crippen LogP) is 4.10. The van der Waals surface area contributed by atoms with Gasteiger partial charge in [0.1, 0.15) is 6.33 Å². The van der Waals surface area contributed by atoms with E-state index in [0.29, 0.717) is 0 Å². The number of halogens is 1. The lowest BCUT2D eigenvalue weighted by Crippen LogP contribution is -2.00. The van der Waals surface area contributed by atoms with E-state index in [1.807, 2.05) is 16.7 Å². The van der Waals surface area contributed by atoms with Crippen molar-refractivity contribution >= 4 is 32.9 Å². The molecule has 3 aromatic rings. The molecule has 0 aliphatic rings. The van der Waals surface area contributed by atoms with Crippen molar-refractivity contribution in [1.29, 1.82) is 0 Å². The van der Waals surface area contributed by atoms with Crippen molar-refractivity contribution in [1.82, 2.24) is 9.55 Å². The van der Waals surface area contributed by atoms with Crippen LogP contribution in [0.25, 0.3) is 16.7 Å². The molecule has 1 heterocycles. The molecular weight excluding hydrogens is 332 g/mol. The van der Waals surface area contributed by atoms with E-state index in [-0.39, 0.29) is 5.56 Å². The molecule has 0 bridgehead atoms. The highest BCUT2D eigenvalue weighted by atomic mass is 79.9. The number of hydrogen-bond acceptors (Lipinski definition) is 2. The maximum Gasteiger partial charge on any atom is 0.335 e. The van der Waals surface area contributed by atoms with Crippen LogP contribution in [0.15, 0.2) is 41.1 Å². The molecule has 21 heavy (non-hydrogen) atoms. The van der Waals surface area contributed by atoms with Gasteiger partial charge >= 0.3 is 5.97 Å². The molecule has 1 N–H and O–H groups in total. The molecule has 1 aromatic heterocycles. The number of imidazole rings is 1. The largest absolute Gasteiger partial charge is 0.478 e. The van der Waals surface area contributed by atoms with Gasteiger partial charge in [-0.2, -0.15) is 0 Å². The third kappa shape index (κ3) is 2.45. The van der Waals surface area contributed by atoms with Crippen LogP contribution in [0.1, 0.15) is 21.5 Å². The fourth-order valence-electron chi connectivity index (χ4n) is 2.31. The average molecular weight is 345 g/mol. The number of aromatic carboxylic acids is 1. The summed E-state index contributed by atoms with van der Waals surface area (Å²) < 4.78 is 2.63. The summed E-state index contributed by atoms with van der Waals surface area (Å²) in [6.07, 6.45) is 1.72. The molecule has 0 saturated carbocycles. The second-order valence-corrected chi connectivity index (χ2v) is 5.96. The Morgan fingerprint density at radius 2 is 1.86 bits per heavy atom. The number of fused-ring (bicyclic) bond motifs is 1. The van der Waals surface area contributed by atoms with Crippen LogP contribution < -0.4 is 0 Å². The number of aryl methyl sites for hydroxylation is 2. The van der Waals surface area contributed by atoms with Gasteiger partial charge in [0.25, 0.3) is 0 Å². The van der Waals surface area contributed by atoms with Gasteiger partial charge in [-0.1, -0.05) is 15.9 Å². The third-order valence-electron chi connectivity index (χ3n) is 3.57. The van der Waals surface area contributed by atoms with Crippen LogP contribution in [0.2, 0.25) is 0 Å². The second kappa shape index (κ2) is 5.00. The smallest absolute Gasteiger partial charge is 0.335 e. The summed E-state index contributed by atoms with van der Waals surface area (Å²) in [4.78, 5) is 15.6. The van der Waals surface area contributed by atoms with E-state index in [2.05, 4.69) is 40.8 Å². The standard InChI is InChI=1S/C16H13BrN2O2/c1-9-3-14-15(4-10(9)2)19(8-18-14)13-6-11(16(20)21)5-12(17)7-13/h3-8H,1-2H3,(H,20,21). The highest BCUT2D eigenvalue weighted by molar-refractivity contribution is 9.10. The summed E-state index contributed by atoms with van der Waals surface area (Å²) in [7, 11) is 0. The van der Waals surface area contributed by atoms with Gasteiger partial charge in [0.15, 0.2) is 0 Å². The van der Waals surface area contributed by atoms with Crippen LogP contribution in [0.3, 0.4) is 0 Å². The normalized spacial score (nSPS) is 11.0. The van der Waals surface area contributed by atoms with Crippen molar-refractivity contribution in [2.45, 2.75) is 13.8 Å². The van der Waals surface area contributed by atoms with Gasteiger partial charge in [-0.15, -0.1) is 0 Å². The summed E-state index contributed by atoms with van der Waals surface area (Å²) in [6, 6.07) is 9.21. The first-order valence-electron chi connectivity index (χ1n) is 6.44. The molecule has 0 fully saturated rings. The number of nitrogens with zero attached hydrogens (tertiary/aromatic N) is 2. The van der Waals surface area contributed by atoms with E-state index < -0.39 is 5.97 Å². The first-order chi connectivity index (χ1) is 9.95. The second-order valence-electron chi connectivity index (χ2n) is 5.04. The summed E-state index contributed by atoms with van der Waals surface area (Å²) in [6.45, 7) is 4.10. The van der Waals surface area contributed by atoms with E-state index in [4.69, 9.17) is 0 Å². The van der Waals surface area contributed by atoms with Crippen LogP contribution >= 0.6 is 15.9 Å². The van der Waals surface area contributed by atoms with Gasteiger partial charge in [0.05, 0.1) is 16.6 Å². The number of carbonyl (C=O) groups is 1. The van der Waals surface area contributed by atoms with Crippen LogP contribution in [0.4, 0.5) is 0 Å². The highest BCUT2D eigenvalue weighted by Crippen LogP contribution is 2.25. The Morgan fingerprint density at radius 1 is 1.14 bits per heavy atom. The number of carboxylic acid groups (broad SMARTS) is 1. The van der Waals surface area contributed by atoms with Crippen LogP contribution in [-0.2, 0) is 0 Å². The number of hydrogen-bond donors (Lipinski definition) is 1. The highest BCUT2D eigenvalue weighted by Gasteiger charge is 2.11. The molecule has 3 rings (SSSR count). The zero-order chi connectivity index (χ0) is 15.1. The summed E-state index contributed by atoms with van der Waals surface area (Å²) in [5.74, 6) is -0.950.